The van der Waals surface area contributed by atoms with E-state index in [9.17, 15) is 0 Å². The van der Waals surface area contributed by atoms with E-state index in [0.717, 1.165) is 17.1 Å². The molecular weight excluding hydrogens is 731 g/mol. The van der Waals surface area contributed by atoms with Crippen molar-refractivity contribution in [3.05, 3.63) is 259 Å². The molecule has 1 aliphatic heterocycles. The Morgan fingerprint density at radius 1 is 0.559 bits per heavy atom. The Bertz CT molecular complexity index is 3060. The second kappa shape index (κ2) is 14.5. The summed E-state index contributed by atoms with van der Waals surface area (Å²) in [5.41, 5.74) is 13.1. The molecule has 11 rings (SSSR count). The van der Waals surface area contributed by atoms with Crippen LogP contribution in [0.15, 0.2) is 236 Å². The number of benzene rings is 8. The number of hydrogen-bond donors (Lipinski definition) is 0. The lowest BCUT2D eigenvalue weighted by atomic mass is 9.72. The highest BCUT2D eigenvalue weighted by Gasteiger charge is 2.43. The van der Waals surface area contributed by atoms with Crippen molar-refractivity contribution in [1.29, 1.82) is 0 Å². The van der Waals surface area contributed by atoms with Crippen molar-refractivity contribution in [1.82, 2.24) is 0 Å². The number of rotatable bonds is 8. The van der Waals surface area contributed by atoms with E-state index < -0.39 is 5.41 Å². The zero-order chi connectivity index (χ0) is 39.3. The van der Waals surface area contributed by atoms with Gasteiger partial charge in [-0.2, -0.15) is 0 Å². The number of nitrogens with zero attached hydrogens (tertiary/aromatic N) is 1. The first kappa shape index (κ1) is 35.3. The fourth-order valence-electron chi connectivity index (χ4n) is 9.69. The molecule has 3 aliphatic rings. The van der Waals surface area contributed by atoms with Crippen LogP contribution in [0.4, 0.5) is 17.1 Å². The van der Waals surface area contributed by atoms with Gasteiger partial charge in [0, 0.05) is 33.1 Å². The minimum atomic E-state index is -0.501. The lowest BCUT2D eigenvalue weighted by Crippen LogP contribution is -2.24. The predicted octanol–water partition coefficient (Wildman–Crippen LogP) is 15.3. The third-order valence-electron chi connectivity index (χ3n) is 12.4. The van der Waals surface area contributed by atoms with E-state index in [1.54, 1.807) is 0 Å². The first-order valence-electron chi connectivity index (χ1n) is 20.4. The minimum absolute atomic E-state index is 0.390. The number of anilines is 3. The van der Waals surface area contributed by atoms with E-state index >= 15 is 0 Å². The summed E-state index contributed by atoms with van der Waals surface area (Å²) in [5, 5.41) is 5.43. The van der Waals surface area contributed by atoms with Crippen LogP contribution in [-0.4, -0.2) is 5.25 Å². The average molecular weight is 772 g/mol. The highest BCUT2D eigenvalue weighted by Crippen LogP contribution is 2.55. The molecule has 0 radical (unpaired) electrons. The molecule has 0 spiro atoms. The van der Waals surface area contributed by atoms with E-state index in [1.165, 1.54) is 71.0 Å². The predicted molar refractivity (Wildman–Crippen MR) is 252 cm³/mol. The molecule has 1 heterocycles. The fraction of sp³-hybridized carbons (Fsp3) is 0.0526. The zero-order valence-corrected chi connectivity index (χ0v) is 33.4. The van der Waals surface area contributed by atoms with E-state index in [-0.39, 0.29) is 0 Å². The highest BCUT2D eigenvalue weighted by molar-refractivity contribution is 8.00. The topological polar surface area (TPSA) is 3.24 Å². The van der Waals surface area contributed by atoms with Gasteiger partial charge in [-0.25, -0.2) is 0 Å². The van der Waals surface area contributed by atoms with Gasteiger partial charge in [-0.05, 0) is 109 Å². The Morgan fingerprint density at radius 2 is 1.25 bits per heavy atom. The van der Waals surface area contributed by atoms with Crippen LogP contribution in [0.2, 0.25) is 0 Å². The molecule has 3 unspecified atom stereocenters. The smallest absolute Gasteiger partial charge is 0.0647 e. The summed E-state index contributed by atoms with van der Waals surface area (Å²) in [5.74, 6) is 0.390. The number of fused-ring (bicyclic) bond motifs is 9. The first-order valence-corrected chi connectivity index (χ1v) is 21.3. The third kappa shape index (κ3) is 5.86. The molecule has 0 N–H and O–H groups in total. The van der Waals surface area contributed by atoms with Crippen LogP contribution in [-0.2, 0) is 5.41 Å². The van der Waals surface area contributed by atoms with Crippen LogP contribution in [0.5, 0.6) is 0 Å². The molecule has 0 aromatic heterocycles. The van der Waals surface area contributed by atoms with Gasteiger partial charge in [0.25, 0.3) is 0 Å². The van der Waals surface area contributed by atoms with Crippen LogP contribution in [0.3, 0.4) is 0 Å². The summed E-state index contributed by atoms with van der Waals surface area (Å²) in [6.45, 7) is 3.92. The van der Waals surface area contributed by atoms with Crippen molar-refractivity contribution >= 4 is 55.9 Å². The second-order valence-electron chi connectivity index (χ2n) is 15.6. The molecule has 3 atom stereocenters. The Hall–Kier alpha value is -6.87. The highest BCUT2D eigenvalue weighted by atomic mass is 32.2. The number of thioether (sulfide) groups is 1. The standard InChI is InChI=1S/C57H41NS/c1-2-3-4-14-35-57(43-16-6-5-7-17-43)53-21-12-10-19-48(53)49-33-32-46(38-54(49)57)58(45-31-27-41-24-23-40-15-8-9-18-47(40)51(41)37-45)44-29-25-39(26-30-44)42-28-34-56-52(36-42)50-20-11-13-22-55(50)59-56/h2-38,52,56H,1H2/b4-3-,35-14+. The molecule has 0 bridgehead atoms. The second-order valence-corrected chi connectivity index (χ2v) is 16.9. The van der Waals surface area contributed by atoms with Gasteiger partial charge >= 0.3 is 0 Å². The molecule has 8 aromatic rings. The van der Waals surface area contributed by atoms with Crippen LogP contribution in [0.1, 0.15) is 33.7 Å². The number of allylic oxidation sites excluding steroid dienone is 8. The van der Waals surface area contributed by atoms with Gasteiger partial charge in [0.1, 0.15) is 0 Å². The molecule has 0 saturated carbocycles. The van der Waals surface area contributed by atoms with Gasteiger partial charge in [-0.15, -0.1) is 11.8 Å². The zero-order valence-electron chi connectivity index (χ0n) is 32.6. The van der Waals surface area contributed by atoms with E-state index in [0.29, 0.717) is 11.2 Å². The minimum Gasteiger partial charge on any atom is -0.310 e. The van der Waals surface area contributed by atoms with E-state index in [2.05, 4.69) is 224 Å². The summed E-state index contributed by atoms with van der Waals surface area (Å²) in [4.78, 5) is 3.84. The maximum Gasteiger partial charge on any atom is 0.0647 e. The lowest BCUT2D eigenvalue weighted by molar-refractivity contribution is 0.804. The fourth-order valence-corrected chi connectivity index (χ4v) is 11.0. The summed E-state index contributed by atoms with van der Waals surface area (Å²) >= 11 is 1.98. The number of hydrogen-bond acceptors (Lipinski definition) is 2. The van der Waals surface area contributed by atoms with Gasteiger partial charge in [0.15, 0.2) is 0 Å². The van der Waals surface area contributed by atoms with Crippen molar-refractivity contribution < 1.29 is 0 Å². The molecule has 1 nitrogen and oxygen atoms in total. The SMILES string of the molecule is C=C/C=C\C=C\C1(c2ccccc2)c2ccccc2-c2ccc(N(c3ccc(C4=CC5c6ccccc6SC5C=C4)cc3)c3ccc4ccc5ccccc5c4c3)cc21. The van der Waals surface area contributed by atoms with Crippen molar-refractivity contribution in [2.75, 3.05) is 4.90 Å². The molecule has 0 saturated heterocycles. The van der Waals surface area contributed by atoms with E-state index in [1.807, 2.05) is 23.9 Å². The molecule has 8 aromatic carbocycles. The molecule has 0 amide bonds. The van der Waals surface area contributed by atoms with Crippen LogP contribution < -0.4 is 4.90 Å². The average Bonchev–Trinajstić information content (AvgIpc) is 3.81. The molecule has 280 valence electrons. The van der Waals surface area contributed by atoms with Crippen molar-refractivity contribution in [3.8, 4) is 11.1 Å². The Kier molecular flexibility index (Phi) is 8.68. The maximum atomic E-state index is 3.92. The monoisotopic (exact) mass is 771 g/mol. The first-order chi connectivity index (χ1) is 29.2. The normalized spacial score (nSPS) is 18.8. The van der Waals surface area contributed by atoms with Crippen LogP contribution in [0, 0.1) is 0 Å². The summed E-state index contributed by atoms with van der Waals surface area (Å²) in [7, 11) is 0. The van der Waals surface area contributed by atoms with Crippen molar-refractivity contribution in [2.24, 2.45) is 0 Å². The summed E-state index contributed by atoms with van der Waals surface area (Å²) in [6, 6.07) is 65.1. The molecule has 0 fully saturated rings. The van der Waals surface area contributed by atoms with Gasteiger partial charge in [0.2, 0.25) is 0 Å². The van der Waals surface area contributed by atoms with Gasteiger partial charge in [-0.3, -0.25) is 0 Å². The molecular formula is C57H41NS. The Morgan fingerprint density at radius 3 is 2.14 bits per heavy atom. The van der Waals surface area contributed by atoms with Crippen LogP contribution >= 0.6 is 11.8 Å². The summed E-state index contributed by atoms with van der Waals surface area (Å²) in [6.07, 6.45) is 17.6. The van der Waals surface area contributed by atoms with Gasteiger partial charge in [-0.1, -0.05) is 189 Å². The Labute approximate surface area is 350 Å². The van der Waals surface area contributed by atoms with E-state index in [4.69, 9.17) is 0 Å². The molecule has 59 heavy (non-hydrogen) atoms. The molecule has 2 heteroatoms. The summed E-state index contributed by atoms with van der Waals surface area (Å²) < 4.78 is 0. The van der Waals surface area contributed by atoms with Gasteiger partial charge < -0.3 is 4.90 Å². The van der Waals surface area contributed by atoms with Crippen LogP contribution in [0.25, 0.3) is 38.2 Å². The third-order valence-corrected chi connectivity index (χ3v) is 13.8. The quantitative estimate of drug-likeness (QED) is 0.112. The Balaban J connectivity index is 1.09. The van der Waals surface area contributed by atoms with Crippen molar-refractivity contribution in [3.63, 3.8) is 0 Å². The largest absolute Gasteiger partial charge is 0.310 e. The van der Waals surface area contributed by atoms with Crippen molar-refractivity contribution in [2.45, 2.75) is 21.5 Å². The lowest BCUT2D eigenvalue weighted by Gasteiger charge is -2.32. The van der Waals surface area contributed by atoms with Gasteiger partial charge in [0.05, 0.1) is 5.41 Å². The maximum absolute atomic E-state index is 3.92. The molecule has 2 aliphatic carbocycles.